The smallest absolute Gasteiger partial charge is 0.280 e. The summed E-state index contributed by atoms with van der Waals surface area (Å²) in [6.45, 7) is 0.267. The number of aromatic hydroxyl groups is 1. The van der Waals surface area contributed by atoms with E-state index in [9.17, 15) is 23.5 Å². The van der Waals surface area contributed by atoms with Crippen molar-refractivity contribution in [2.24, 2.45) is 7.05 Å². The largest absolute Gasteiger partial charge is 0.506 e. The van der Waals surface area contributed by atoms with E-state index in [2.05, 4.69) is 15.3 Å². The third-order valence-corrected chi connectivity index (χ3v) is 5.80. The number of carbonyl (C=O) groups excluding carboxylic acids is 1. The Kier molecular flexibility index (Phi) is 5.47. The number of hydrogen-bond acceptors (Lipinski definition) is 6. The van der Waals surface area contributed by atoms with E-state index in [0.29, 0.717) is 5.56 Å². The Bertz CT molecular complexity index is 1350. The van der Waals surface area contributed by atoms with Gasteiger partial charge in [0.2, 0.25) is 0 Å². The molecule has 0 saturated carbocycles. The van der Waals surface area contributed by atoms with Crippen molar-refractivity contribution in [2.75, 3.05) is 0 Å². The van der Waals surface area contributed by atoms with E-state index in [1.807, 2.05) is 0 Å². The number of carbonyl (C=O) groups is 1. The first-order valence-corrected chi connectivity index (χ1v) is 9.99. The predicted octanol–water partition coefficient (Wildman–Crippen LogP) is 2.89. The molecule has 2 N–H and O–H groups in total. The highest BCUT2D eigenvalue weighted by molar-refractivity contribution is 7.20. The van der Waals surface area contributed by atoms with Gasteiger partial charge in [0.15, 0.2) is 22.3 Å². The molecule has 4 aromatic rings. The van der Waals surface area contributed by atoms with Crippen LogP contribution in [0.5, 0.6) is 5.75 Å². The molecule has 0 bridgehead atoms. The molecule has 1 amide bonds. The predicted molar refractivity (Wildman–Crippen MR) is 111 cm³/mol. The zero-order valence-electron chi connectivity index (χ0n) is 16.2. The second-order valence-electron chi connectivity index (χ2n) is 6.83. The molecule has 0 atom stereocenters. The molecule has 31 heavy (non-hydrogen) atoms. The minimum absolute atomic E-state index is 0.00778. The van der Waals surface area contributed by atoms with Crippen molar-refractivity contribution in [2.45, 2.75) is 13.0 Å². The summed E-state index contributed by atoms with van der Waals surface area (Å²) in [5, 5.41) is 13.5. The van der Waals surface area contributed by atoms with E-state index in [4.69, 9.17) is 0 Å². The highest BCUT2D eigenvalue weighted by Gasteiger charge is 2.21. The van der Waals surface area contributed by atoms with Crippen molar-refractivity contribution in [3.8, 4) is 5.75 Å². The van der Waals surface area contributed by atoms with Gasteiger partial charge in [0.1, 0.15) is 10.4 Å². The highest BCUT2D eigenvalue weighted by Crippen LogP contribution is 2.32. The summed E-state index contributed by atoms with van der Waals surface area (Å²) in [5.41, 5.74) is 0.812. The summed E-state index contributed by atoms with van der Waals surface area (Å²) in [7, 11) is 1.47. The van der Waals surface area contributed by atoms with Gasteiger partial charge in [-0.1, -0.05) is 6.07 Å². The molecule has 4 rings (SSSR count). The van der Waals surface area contributed by atoms with E-state index < -0.39 is 23.1 Å². The number of fused-ring (bicyclic) bond motifs is 1. The van der Waals surface area contributed by atoms with Gasteiger partial charge in [0.05, 0.1) is 5.56 Å². The average Bonchev–Trinajstić information content (AvgIpc) is 3.23. The molecule has 10 heteroatoms. The summed E-state index contributed by atoms with van der Waals surface area (Å²) in [6, 6.07) is 6.80. The van der Waals surface area contributed by atoms with Crippen LogP contribution in [0, 0.1) is 11.6 Å². The van der Waals surface area contributed by atoms with Gasteiger partial charge in [-0.15, -0.1) is 11.3 Å². The molecule has 0 spiro atoms. The molecule has 0 fully saturated rings. The number of aromatic nitrogens is 3. The Morgan fingerprint density at radius 1 is 1.16 bits per heavy atom. The van der Waals surface area contributed by atoms with E-state index in [1.54, 1.807) is 24.5 Å². The van der Waals surface area contributed by atoms with Crippen LogP contribution in [0.3, 0.4) is 0 Å². The number of rotatable bonds is 5. The molecular weight excluding hydrogens is 426 g/mol. The van der Waals surface area contributed by atoms with E-state index in [-0.39, 0.29) is 39.6 Å². The zero-order valence-corrected chi connectivity index (χ0v) is 17.0. The van der Waals surface area contributed by atoms with Gasteiger partial charge < -0.3 is 10.4 Å². The quantitative estimate of drug-likeness (QED) is 0.495. The summed E-state index contributed by atoms with van der Waals surface area (Å²) < 4.78 is 28.2. The molecule has 158 valence electrons. The highest BCUT2D eigenvalue weighted by atomic mass is 32.1. The SMILES string of the molecule is Cn1c(=O)c(Cc2ccc(F)c(F)c2)c(O)c2sc(C(=O)NCc3ccncc3)nc21. The van der Waals surface area contributed by atoms with Crippen LogP contribution < -0.4 is 10.9 Å². The Morgan fingerprint density at radius 2 is 1.90 bits per heavy atom. The Morgan fingerprint density at radius 3 is 2.61 bits per heavy atom. The number of thiazole rings is 1. The van der Waals surface area contributed by atoms with E-state index >= 15 is 0 Å². The number of hydrogen-bond donors (Lipinski definition) is 2. The number of halogens is 2. The fraction of sp³-hybridized carbons (Fsp3) is 0.143. The molecule has 0 aliphatic heterocycles. The number of benzene rings is 1. The van der Waals surface area contributed by atoms with Gasteiger partial charge in [-0.3, -0.25) is 19.1 Å². The lowest BCUT2D eigenvalue weighted by molar-refractivity contribution is 0.0950. The fourth-order valence-electron chi connectivity index (χ4n) is 3.10. The minimum atomic E-state index is -1.04. The fourth-order valence-corrected chi connectivity index (χ4v) is 4.08. The number of nitrogens with zero attached hydrogens (tertiary/aromatic N) is 3. The van der Waals surface area contributed by atoms with Crippen molar-refractivity contribution in [1.82, 2.24) is 19.9 Å². The lowest BCUT2D eigenvalue weighted by Crippen LogP contribution is -2.23. The Hall–Kier alpha value is -3.66. The number of pyridine rings is 2. The first-order chi connectivity index (χ1) is 14.8. The maximum absolute atomic E-state index is 13.5. The lowest BCUT2D eigenvalue weighted by atomic mass is 10.1. The number of amides is 1. The molecule has 0 unspecified atom stereocenters. The van der Waals surface area contributed by atoms with Crippen molar-refractivity contribution >= 4 is 27.6 Å². The maximum Gasteiger partial charge on any atom is 0.280 e. The number of aryl methyl sites for hydroxylation is 1. The molecule has 0 radical (unpaired) electrons. The normalized spacial score (nSPS) is 11.1. The van der Waals surface area contributed by atoms with Crippen LogP contribution in [0.4, 0.5) is 8.78 Å². The molecule has 0 aliphatic rings. The van der Waals surface area contributed by atoms with Crippen LogP contribution in [0.1, 0.15) is 26.5 Å². The topological polar surface area (TPSA) is 97.1 Å². The van der Waals surface area contributed by atoms with Crippen LogP contribution in [-0.2, 0) is 20.0 Å². The third kappa shape index (κ3) is 4.02. The molecule has 7 nitrogen and oxygen atoms in total. The van der Waals surface area contributed by atoms with Crippen LogP contribution in [-0.4, -0.2) is 25.5 Å². The zero-order chi connectivity index (χ0) is 22.1. The second kappa shape index (κ2) is 8.23. The van der Waals surface area contributed by atoms with Crippen molar-refractivity contribution in [3.63, 3.8) is 0 Å². The van der Waals surface area contributed by atoms with Crippen LogP contribution in [0.15, 0.2) is 47.5 Å². The number of nitrogens with one attached hydrogen (secondary N) is 1. The standard InChI is InChI=1S/C21H16F2N4O3S/c1-27-18-17(31-20(26-18)19(29)25-10-11-4-6-24-7-5-11)16(28)13(21(27)30)8-12-2-3-14(22)15(23)9-12/h2-7,9,28H,8,10H2,1H3,(H,25,29). The molecule has 0 saturated heterocycles. The third-order valence-electron chi connectivity index (χ3n) is 4.75. The van der Waals surface area contributed by atoms with Gasteiger partial charge in [0.25, 0.3) is 11.5 Å². The molecule has 3 heterocycles. The molecule has 3 aromatic heterocycles. The Labute approximate surface area is 178 Å². The van der Waals surface area contributed by atoms with Crippen LogP contribution in [0.25, 0.3) is 10.3 Å². The molecule has 0 aliphatic carbocycles. The minimum Gasteiger partial charge on any atom is -0.506 e. The van der Waals surface area contributed by atoms with Crippen LogP contribution in [0.2, 0.25) is 0 Å². The molecular formula is C21H16F2N4O3S. The van der Waals surface area contributed by atoms with Gasteiger partial charge in [-0.25, -0.2) is 13.8 Å². The first-order valence-electron chi connectivity index (χ1n) is 9.17. The van der Waals surface area contributed by atoms with Crippen molar-refractivity contribution < 1.29 is 18.7 Å². The summed E-state index contributed by atoms with van der Waals surface area (Å²) in [5.74, 6) is -2.82. The summed E-state index contributed by atoms with van der Waals surface area (Å²) >= 11 is 0.941. The summed E-state index contributed by atoms with van der Waals surface area (Å²) in [6.07, 6.45) is 3.12. The van der Waals surface area contributed by atoms with Crippen LogP contribution >= 0.6 is 11.3 Å². The van der Waals surface area contributed by atoms with E-state index in [1.165, 1.54) is 17.7 Å². The monoisotopic (exact) mass is 442 g/mol. The second-order valence-corrected chi connectivity index (χ2v) is 7.83. The average molecular weight is 442 g/mol. The van der Waals surface area contributed by atoms with Gasteiger partial charge in [-0.2, -0.15) is 0 Å². The van der Waals surface area contributed by atoms with Gasteiger partial charge in [0, 0.05) is 32.4 Å². The van der Waals surface area contributed by atoms with Crippen molar-refractivity contribution in [3.05, 3.63) is 86.4 Å². The summed E-state index contributed by atoms with van der Waals surface area (Å²) in [4.78, 5) is 33.4. The van der Waals surface area contributed by atoms with E-state index in [0.717, 1.165) is 29.0 Å². The maximum atomic E-state index is 13.5. The van der Waals surface area contributed by atoms with Crippen molar-refractivity contribution in [1.29, 1.82) is 0 Å². The first kappa shape index (κ1) is 20.6. The van der Waals surface area contributed by atoms with Gasteiger partial charge >= 0.3 is 0 Å². The van der Waals surface area contributed by atoms with Gasteiger partial charge in [-0.05, 0) is 35.4 Å². The molecule has 1 aromatic carbocycles. The Balaban J connectivity index is 1.66. The lowest BCUT2D eigenvalue weighted by Gasteiger charge is -2.08.